The Balaban J connectivity index is 0.000000360. The molecule has 1 nitrogen and oxygen atoms in total. The summed E-state index contributed by atoms with van der Waals surface area (Å²) in [5.41, 5.74) is 5.50. The van der Waals surface area contributed by atoms with Crippen LogP contribution >= 0.6 is 13.5 Å². The average molecular weight is 119 g/mol. The monoisotopic (exact) mass is 119 g/mol. The maximum absolute atomic E-state index is 5.50. The summed E-state index contributed by atoms with van der Waals surface area (Å²) in [4.78, 5) is 0. The molecule has 0 radical (unpaired) electrons. The predicted octanol–water partition coefficient (Wildman–Crippen LogP) is 0.856. The summed E-state index contributed by atoms with van der Waals surface area (Å²) in [6, 6.07) is 0.463. The molecule has 2 N–H and O–H groups in total. The third kappa shape index (κ3) is 2.19. The van der Waals surface area contributed by atoms with Gasteiger partial charge in [0, 0.05) is 6.04 Å². The fraction of sp³-hybridized carbons (Fsp3) is 1.00. The Labute approximate surface area is 51.7 Å². The van der Waals surface area contributed by atoms with Crippen molar-refractivity contribution in [2.45, 2.75) is 25.8 Å². The molecule has 0 amide bonds. The molecule has 0 aromatic heterocycles. The van der Waals surface area contributed by atoms with Crippen molar-refractivity contribution in [1.29, 1.82) is 0 Å². The zero-order chi connectivity index (χ0) is 4.57. The Hall–Kier alpha value is 0.310. The van der Waals surface area contributed by atoms with Gasteiger partial charge in [0.1, 0.15) is 0 Å². The van der Waals surface area contributed by atoms with Crippen molar-refractivity contribution >= 4 is 13.5 Å². The molecule has 1 saturated carbocycles. The van der Waals surface area contributed by atoms with E-state index in [0.717, 1.165) is 5.92 Å². The number of rotatable bonds is 1. The average Bonchev–Trinajstić information content (AvgIpc) is 2.06. The van der Waals surface area contributed by atoms with Gasteiger partial charge in [-0.25, -0.2) is 0 Å². The Bertz CT molecular complexity index is 50.0. The van der Waals surface area contributed by atoms with Crippen molar-refractivity contribution in [3.05, 3.63) is 0 Å². The highest BCUT2D eigenvalue weighted by molar-refractivity contribution is 7.59. The van der Waals surface area contributed by atoms with Gasteiger partial charge in [0.15, 0.2) is 0 Å². The van der Waals surface area contributed by atoms with Crippen molar-refractivity contribution in [2.24, 2.45) is 11.7 Å². The maximum Gasteiger partial charge on any atom is 0.00387 e. The zero-order valence-corrected chi connectivity index (χ0v) is 5.65. The van der Waals surface area contributed by atoms with E-state index in [2.05, 4.69) is 6.92 Å². The van der Waals surface area contributed by atoms with Crippen LogP contribution in [0.3, 0.4) is 0 Å². The molecule has 2 heteroatoms. The van der Waals surface area contributed by atoms with Crippen LogP contribution < -0.4 is 5.73 Å². The molecule has 0 aliphatic heterocycles. The molecule has 1 fully saturated rings. The van der Waals surface area contributed by atoms with E-state index >= 15 is 0 Å². The summed E-state index contributed by atoms with van der Waals surface area (Å²) in [7, 11) is 0. The minimum Gasteiger partial charge on any atom is -0.328 e. The highest BCUT2D eigenvalue weighted by Crippen LogP contribution is 2.30. The Kier molecular flexibility index (Phi) is 2.69. The van der Waals surface area contributed by atoms with E-state index in [4.69, 9.17) is 5.73 Å². The van der Waals surface area contributed by atoms with Crippen LogP contribution in [0.25, 0.3) is 0 Å². The summed E-state index contributed by atoms with van der Waals surface area (Å²) in [6.07, 6.45) is 2.75. The van der Waals surface area contributed by atoms with Gasteiger partial charge in [-0.15, -0.1) is 0 Å². The molecule has 0 unspecified atom stereocenters. The zero-order valence-electron chi connectivity index (χ0n) is 4.65. The summed E-state index contributed by atoms with van der Waals surface area (Å²) in [5, 5.41) is 0. The second kappa shape index (κ2) is 2.58. The summed E-state index contributed by atoms with van der Waals surface area (Å²) >= 11 is 0. The highest BCUT2D eigenvalue weighted by Gasteiger charge is 2.24. The van der Waals surface area contributed by atoms with Crippen LogP contribution in [0.4, 0.5) is 0 Å². The molecule has 7 heavy (non-hydrogen) atoms. The minimum atomic E-state index is 0. The van der Waals surface area contributed by atoms with Gasteiger partial charge < -0.3 is 5.73 Å². The number of nitrogens with two attached hydrogens (primary N) is 1. The van der Waals surface area contributed by atoms with Crippen LogP contribution in [0.15, 0.2) is 0 Å². The molecule has 0 heterocycles. The third-order valence-corrected chi connectivity index (χ3v) is 1.37. The SMILES string of the molecule is C[C@H](N)C1CC1.S. The molecule has 0 aromatic carbocycles. The molecular weight excluding hydrogens is 106 g/mol. The van der Waals surface area contributed by atoms with E-state index in [1.54, 1.807) is 0 Å². The van der Waals surface area contributed by atoms with Gasteiger partial charge in [-0.05, 0) is 25.7 Å². The first kappa shape index (κ1) is 7.31. The molecular formula is C5H13NS. The lowest BCUT2D eigenvalue weighted by atomic mass is 10.2. The van der Waals surface area contributed by atoms with E-state index in [1.807, 2.05) is 0 Å². The van der Waals surface area contributed by atoms with Gasteiger partial charge in [-0.3, -0.25) is 0 Å². The van der Waals surface area contributed by atoms with Crippen LogP contribution in [0.5, 0.6) is 0 Å². The fourth-order valence-corrected chi connectivity index (χ4v) is 0.622. The second-order valence-corrected chi connectivity index (χ2v) is 2.20. The van der Waals surface area contributed by atoms with Crippen LogP contribution in [0.2, 0.25) is 0 Å². The molecule has 1 rings (SSSR count). The van der Waals surface area contributed by atoms with Crippen molar-refractivity contribution in [3.63, 3.8) is 0 Å². The lowest BCUT2D eigenvalue weighted by Gasteiger charge is -1.95. The van der Waals surface area contributed by atoms with E-state index in [1.165, 1.54) is 12.8 Å². The van der Waals surface area contributed by atoms with E-state index in [-0.39, 0.29) is 13.5 Å². The minimum absolute atomic E-state index is 0. The van der Waals surface area contributed by atoms with Crippen molar-refractivity contribution in [1.82, 2.24) is 0 Å². The molecule has 44 valence electrons. The molecule has 1 aliphatic rings. The fourth-order valence-electron chi connectivity index (χ4n) is 0.622. The molecule has 0 spiro atoms. The lowest BCUT2D eigenvalue weighted by Crippen LogP contribution is -2.16. The Morgan fingerprint density at radius 2 is 2.00 bits per heavy atom. The first-order valence-electron chi connectivity index (χ1n) is 2.56. The van der Waals surface area contributed by atoms with Gasteiger partial charge in [0.05, 0.1) is 0 Å². The highest BCUT2D eigenvalue weighted by atomic mass is 32.1. The molecule has 0 saturated heterocycles. The summed E-state index contributed by atoms with van der Waals surface area (Å²) < 4.78 is 0. The third-order valence-electron chi connectivity index (χ3n) is 1.37. The van der Waals surface area contributed by atoms with E-state index in [0.29, 0.717) is 6.04 Å². The first-order valence-corrected chi connectivity index (χ1v) is 2.56. The smallest absolute Gasteiger partial charge is 0.00387 e. The second-order valence-electron chi connectivity index (χ2n) is 2.20. The largest absolute Gasteiger partial charge is 0.328 e. The van der Waals surface area contributed by atoms with Gasteiger partial charge in [-0.2, -0.15) is 13.5 Å². The number of hydrogen-bond acceptors (Lipinski definition) is 1. The predicted molar refractivity (Wildman–Crippen MR) is 36.8 cm³/mol. The van der Waals surface area contributed by atoms with E-state index in [9.17, 15) is 0 Å². The van der Waals surface area contributed by atoms with Crippen LogP contribution in [0.1, 0.15) is 19.8 Å². The topological polar surface area (TPSA) is 26.0 Å². The van der Waals surface area contributed by atoms with Gasteiger partial charge in [0.25, 0.3) is 0 Å². The van der Waals surface area contributed by atoms with Crippen molar-refractivity contribution < 1.29 is 0 Å². The maximum atomic E-state index is 5.50. The van der Waals surface area contributed by atoms with Crippen LogP contribution in [-0.2, 0) is 0 Å². The van der Waals surface area contributed by atoms with Gasteiger partial charge >= 0.3 is 0 Å². The normalized spacial score (nSPS) is 23.1. The van der Waals surface area contributed by atoms with Crippen LogP contribution in [0, 0.1) is 5.92 Å². The molecule has 0 bridgehead atoms. The standard InChI is InChI=1S/C5H11N.H2S/c1-4(6)5-2-3-5;/h4-5H,2-3,6H2,1H3;1H2/t4-;/m0./s1. The van der Waals surface area contributed by atoms with E-state index < -0.39 is 0 Å². The molecule has 1 atom stereocenters. The summed E-state index contributed by atoms with van der Waals surface area (Å²) in [5.74, 6) is 0.880. The van der Waals surface area contributed by atoms with Crippen LogP contribution in [-0.4, -0.2) is 6.04 Å². The summed E-state index contributed by atoms with van der Waals surface area (Å²) in [6.45, 7) is 2.08. The molecule has 0 aromatic rings. The van der Waals surface area contributed by atoms with Gasteiger partial charge in [0.2, 0.25) is 0 Å². The number of hydrogen-bond donors (Lipinski definition) is 1. The van der Waals surface area contributed by atoms with Crippen molar-refractivity contribution in [3.8, 4) is 0 Å². The van der Waals surface area contributed by atoms with Crippen molar-refractivity contribution in [2.75, 3.05) is 0 Å². The molecule has 1 aliphatic carbocycles. The Morgan fingerprint density at radius 1 is 1.57 bits per heavy atom. The lowest BCUT2D eigenvalue weighted by molar-refractivity contribution is 0.650. The van der Waals surface area contributed by atoms with Gasteiger partial charge in [-0.1, -0.05) is 0 Å². The quantitative estimate of drug-likeness (QED) is 0.544. The first-order chi connectivity index (χ1) is 2.80. The Morgan fingerprint density at radius 3 is 2.00 bits per heavy atom.